The highest BCUT2D eigenvalue weighted by Gasteiger charge is 2.33. The minimum Gasteiger partial charge on any atom is -0.367 e. The van der Waals surface area contributed by atoms with Crippen LogP contribution in [0.25, 0.3) is 0 Å². The Morgan fingerprint density at radius 3 is 2.38 bits per heavy atom. The zero-order chi connectivity index (χ0) is 32.8. The van der Waals surface area contributed by atoms with E-state index in [1.165, 1.54) is 18.4 Å². The van der Waals surface area contributed by atoms with Gasteiger partial charge < -0.3 is 30.7 Å². The number of hydrogen-bond acceptors (Lipinski definition) is 6. The second-order valence-corrected chi connectivity index (χ2v) is 13.4. The van der Waals surface area contributed by atoms with Gasteiger partial charge in [0.2, 0.25) is 11.8 Å². The number of anilines is 1. The molecule has 0 saturated carbocycles. The molecule has 0 radical (unpaired) electrons. The Hall–Kier alpha value is -3.92. The smallest absolute Gasteiger partial charge is 0.253 e. The van der Waals surface area contributed by atoms with Crippen molar-refractivity contribution >= 4 is 35.0 Å². The van der Waals surface area contributed by atoms with Crippen molar-refractivity contribution in [2.24, 2.45) is 0 Å². The molecule has 2 fully saturated rings. The molecule has 9 nitrogen and oxygen atoms in total. The Bertz CT molecular complexity index is 1560. The van der Waals surface area contributed by atoms with Gasteiger partial charge >= 0.3 is 0 Å². The fourth-order valence-corrected chi connectivity index (χ4v) is 7.22. The van der Waals surface area contributed by atoms with Crippen LogP contribution in [0.15, 0.2) is 72.8 Å². The molecule has 2 saturated heterocycles. The number of piperazine rings is 1. The Labute approximate surface area is 282 Å². The average Bonchev–Trinajstić information content (AvgIpc) is 3.52. The van der Waals surface area contributed by atoms with Crippen LogP contribution in [0.4, 0.5) is 5.69 Å². The predicted octanol–water partition coefficient (Wildman–Crippen LogP) is 3.64. The van der Waals surface area contributed by atoms with Crippen molar-refractivity contribution in [3.05, 3.63) is 100 Å². The molecule has 3 N–H and O–H groups in total. The summed E-state index contributed by atoms with van der Waals surface area (Å²) < 4.78 is 0. The summed E-state index contributed by atoms with van der Waals surface area (Å²) in [5.41, 5.74) is 4.80. The first-order chi connectivity index (χ1) is 22.9. The van der Waals surface area contributed by atoms with Crippen LogP contribution in [0.5, 0.6) is 0 Å². The highest BCUT2D eigenvalue weighted by Crippen LogP contribution is 2.24. The largest absolute Gasteiger partial charge is 0.367 e. The molecule has 3 aromatic rings. The number of fused-ring (bicyclic) bond motifs is 1. The standard InChI is InChI=1S/C37H45ClN6O3/c1-42-18-6-9-30(42)16-17-39-35(45)31-10-4-5-11-34(31)43-19-21-44(22-20-43)37(47)33(23-26-12-14-29(38)15-13-26)41-36(46)32-24-27-7-2-3-8-28(27)25-40-32/h2-5,7-8,10-15,30,32-33,40H,6,9,16-25H2,1H3,(H,39,45)(H,41,46)/t30?,32-,33+/m0/s1. The zero-order valence-corrected chi connectivity index (χ0v) is 27.8. The van der Waals surface area contributed by atoms with E-state index < -0.39 is 12.1 Å². The molecule has 47 heavy (non-hydrogen) atoms. The SMILES string of the molecule is CN1CCCC1CCNC(=O)c1ccccc1N1CCN(C(=O)[C@@H](Cc2ccc(Cl)cc2)NC(=O)[C@@H]2Cc3ccccc3CN2)CC1. The minimum absolute atomic E-state index is 0.0653. The van der Waals surface area contributed by atoms with Crippen molar-refractivity contribution < 1.29 is 14.4 Å². The monoisotopic (exact) mass is 656 g/mol. The van der Waals surface area contributed by atoms with Crippen LogP contribution in [-0.4, -0.2) is 92.0 Å². The number of nitrogens with one attached hydrogen (secondary N) is 3. The van der Waals surface area contributed by atoms with Gasteiger partial charge in [-0.15, -0.1) is 0 Å². The van der Waals surface area contributed by atoms with Gasteiger partial charge in [-0.3, -0.25) is 14.4 Å². The fraction of sp³-hybridized carbons (Fsp3) is 0.432. The van der Waals surface area contributed by atoms with Crippen molar-refractivity contribution in [1.82, 2.24) is 25.8 Å². The Morgan fingerprint density at radius 2 is 1.64 bits per heavy atom. The zero-order valence-electron chi connectivity index (χ0n) is 27.1. The lowest BCUT2D eigenvalue weighted by Crippen LogP contribution is -2.58. The van der Waals surface area contributed by atoms with Crippen molar-refractivity contribution in [3.63, 3.8) is 0 Å². The van der Waals surface area contributed by atoms with Crippen molar-refractivity contribution in [2.75, 3.05) is 51.2 Å². The first-order valence-electron chi connectivity index (χ1n) is 16.8. The van der Waals surface area contributed by atoms with Gasteiger partial charge in [0.05, 0.1) is 11.6 Å². The van der Waals surface area contributed by atoms with Crippen LogP contribution < -0.4 is 20.9 Å². The summed E-state index contributed by atoms with van der Waals surface area (Å²) in [6.45, 7) is 4.54. The van der Waals surface area contributed by atoms with Crippen LogP contribution in [0, 0.1) is 0 Å². The molecule has 3 atom stereocenters. The van der Waals surface area contributed by atoms with Crippen LogP contribution in [-0.2, 0) is 29.0 Å². The third-order valence-corrected chi connectivity index (χ3v) is 10.1. The first kappa shape index (κ1) is 33.0. The summed E-state index contributed by atoms with van der Waals surface area (Å²) in [6.07, 6.45) is 4.29. The van der Waals surface area contributed by atoms with Crippen LogP contribution in [0.1, 0.15) is 46.3 Å². The van der Waals surface area contributed by atoms with E-state index in [1.807, 2.05) is 53.4 Å². The number of halogens is 1. The van der Waals surface area contributed by atoms with Gasteiger partial charge in [0.1, 0.15) is 6.04 Å². The van der Waals surface area contributed by atoms with Gasteiger partial charge in [0.15, 0.2) is 0 Å². The van der Waals surface area contributed by atoms with E-state index in [0.717, 1.165) is 29.8 Å². The van der Waals surface area contributed by atoms with Crippen molar-refractivity contribution in [3.8, 4) is 0 Å². The number of amides is 3. The predicted molar refractivity (Wildman–Crippen MR) is 186 cm³/mol. The molecule has 0 bridgehead atoms. The summed E-state index contributed by atoms with van der Waals surface area (Å²) in [5, 5.41) is 10.2. The molecule has 0 aliphatic carbocycles. The van der Waals surface area contributed by atoms with Crippen LogP contribution in [0.3, 0.4) is 0 Å². The molecule has 3 aliphatic heterocycles. The van der Waals surface area contributed by atoms with E-state index in [-0.39, 0.29) is 17.7 Å². The Kier molecular flexibility index (Phi) is 10.8. The van der Waals surface area contributed by atoms with Gasteiger partial charge in [-0.05, 0) is 80.2 Å². The number of carbonyl (C=O) groups excluding carboxylic acids is 3. The Balaban J connectivity index is 1.09. The maximum atomic E-state index is 14.0. The van der Waals surface area contributed by atoms with E-state index >= 15 is 0 Å². The summed E-state index contributed by atoms with van der Waals surface area (Å²) in [7, 11) is 2.15. The summed E-state index contributed by atoms with van der Waals surface area (Å²) in [5.74, 6) is -0.346. The number of likely N-dealkylation sites (tertiary alicyclic amines) is 1. The average molecular weight is 657 g/mol. The molecule has 0 spiro atoms. The second kappa shape index (κ2) is 15.3. The van der Waals surface area contributed by atoms with E-state index in [4.69, 9.17) is 11.6 Å². The molecular weight excluding hydrogens is 612 g/mol. The normalized spacial score (nSPS) is 20.4. The molecule has 10 heteroatoms. The lowest BCUT2D eigenvalue weighted by atomic mass is 9.95. The molecule has 3 amide bonds. The van der Waals surface area contributed by atoms with Gasteiger partial charge in [0, 0.05) is 62.4 Å². The van der Waals surface area contributed by atoms with Crippen LogP contribution >= 0.6 is 11.6 Å². The van der Waals surface area contributed by atoms with Crippen LogP contribution in [0.2, 0.25) is 5.02 Å². The number of hydrogen-bond donors (Lipinski definition) is 3. The van der Waals surface area contributed by atoms with Gasteiger partial charge in [0.25, 0.3) is 5.91 Å². The second-order valence-electron chi connectivity index (χ2n) is 12.9. The highest BCUT2D eigenvalue weighted by atomic mass is 35.5. The topological polar surface area (TPSA) is 97.0 Å². The van der Waals surface area contributed by atoms with E-state index in [9.17, 15) is 14.4 Å². The molecule has 248 valence electrons. The molecule has 6 rings (SSSR count). The Morgan fingerprint density at radius 1 is 0.915 bits per heavy atom. The lowest BCUT2D eigenvalue weighted by molar-refractivity contribution is -0.137. The highest BCUT2D eigenvalue weighted by molar-refractivity contribution is 6.30. The molecule has 3 aromatic carbocycles. The molecule has 1 unspecified atom stereocenters. The maximum absolute atomic E-state index is 14.0. The lowest BCUT2D eigenvalue weighted by Gasteiger charge is -2.38. The number of nitrogens with zero attached hydrogens (tertiary/aromatic N) is 3. The summed E-state index contributed by atoms with van der Waals surface area (Å²) in [6, 6.07) is 22.6. The summed E-state index contributed by atoms with van der Waals surface area (Å²) >= 11 is 6.13. The molecular formula is C37H45ClN6O3. The quantitative estimate of drug-likeness (QED) is 0.309. The van der Waals surface area contributed by atoms with E-state index in [1.54, 1.807) is 12.1 Å². The summed E-state index contributed by atoms with van der Waals surface area (Å²) in [4.78, 5) is 47.2. The first-order valence-corrected chi connectivity index (χ1v) is 17.2. The number of rotatable bonds is 10. The number of carbonyl (C=O) groups is 3. The van der Waals surface area contributed by atoms with Crippen molar-refractivity contribution in [2.45, 2.75) is 56.8 Å². The maximum Gasteiger partial charge on any atom is 0.253 e. The van der Waals surface area contributed by atoms with Gasteiger partial charge in [-0.1, -0.05) is 60.1 Å². The number of para-hydroxylation sites is 1. The molecule has 3 aliphatic rings. The third kappa shape index (κ3) is 8.15. The van der Waals surface area contributed by atoms with E-state index in [2.05, 4.69) is 44.9 Å². The van der Waals surface area contributed by atoms with Gasteiger partial charge in [-0.2, -0.15) is 0 Å². The minimum atomic E-state index is -0.717. The molecule has 3 heterocycles. The fourth-order valence-electron chi connectivity index (χ4n) is 7.09. The molecule has 0 aromatic heterocycles. The third-order valence-electron chi connectivity index (χ3n) is 9.88. The number of benzene rings is 3. The van der Waals surface area contributed by atoms with Gasteiger partial charge in [-0.25, -0.2) is 0 Å². The van der Waals surface area contributed by atoms with Crippen molar-refractivity contribution in [1.29, 1.82) is 0 Å². The van der Waals surface area contributed by atoms with E-state index in [0.29, 0.717) is 68.7 Å².